The number of aromatic nitrogens is 1. The molecule has 3 N–H and O–H groups in total. The highest BCUT2D eigenvalue weighted by Gasteiger charge is 2.12. The van der Waals surface area contributed by atoms with Crippen LogP contribution in [0.1, 0.15) is 5.56 Å². The van der Waals surface area contributed by atoms with E-state index in [-0.39, 0.29) is 11.6 Å². The number of nitrogen functional groups attached to an aromatic ring is 1. The maximum Gasteiger partial charge on any atom is 0.238 e. The van der Waals surface area contributed by atoms with Crippen LogP contribution in [0.2, 0.25) is 0 Å². The van der Waals surface area contributed by atoms with Crippen molar-refractivity contribution in [2.45, 2.75) is 5.75 Å². The summed E-state index contributed by atoms with van der Waals surface area (Å²) in [6.07, 6.45) is 0. The van der Waals surface area contributed by atoms with Crippen molar-refractivity contribution in [2.24, 2.45) is 0 Å². The average molecular weight is 281 g/mol. The van der Waals surface area contributed by atoms with E-state index in [0.29, 0.717) is 11.3 Å². The van der Waals surface area contributed by atoms with E-state index in [2.05, 4.69) is 9.71 Å². The Hall–Kier alpha value is -2.15. The van der Waals surface area contributed by atoms with Gasteiger partial charge in [0.1, 0.15) is 5.82 Å². The normalized spacial score (nSPS) is 11.2. The summed E-state index contributed by atoms with van der Waals surface area (Å²) >= 11 is 0. The molecule has 0 fully saturated rings. The number of anilines is 2. The van der Waals surface area contributed by atoms with Gasteiger partial charge in [-0.25, -0.2) is 13.4 Å². The summed E-state index contributed by atoms with van der Waals surface area (Å²) in [5.74, 6) is -1.02. The SMILES string of the molecule is Nc1ccc(CS(=O)(=O)Nc2cccc(F)n2)cc1. The van der Waals surface area contributed by atoms with E-state index in [4.69, 9.17) is 5.73 Å². The van der Waals surface area contributed by atoms with Gasteiger partial charge in [0.25, 0.3) is 0 Å². The van der Waals surface area contributed by atoms with Crippen LogP contribution >= 0.6 is 0 Å². The molecule has 2 aromatic rings. The van der Waals surface area contributed by atoms with Crippen molar-refractivity contribution >= 4 is 21.5 Å². The van der Waals surface area contributed by atoms with Crippen LogP contribution in [-0.2, 0) is 15.8 Å². The number of pyridine rings is 1. The summed E-state index contributed by atoms with van der Waals surface area (Å²) in [5, 5.41) is 0. The molecule has 0 amide bonds. The Morgan fingerprint density at radius 3 is 2.47 bits per heavy atom. The Morgan fingerprint density at radius 1 is 1.16 bits per heavy atom. The lowest BCUT2D eigenvalue weighted by atomic mass is 10.2. The van der Waals surface area contributed by atoms with E-state index in [9.17, 15) is 12.8 Å². The van der Waals surface area contributed by atoms with Gasteiger partial charge in [-0.1, -0.05) is 18.2 Å². The number of hydrogen-bond acceptors (Lipinski definition) is 4. The number of halogens is 1. The van der Waals surface area contributed by atoms with Gasteiger partial charge in [0.05, 0.1) is 5.75 Å². The van der Waals surface area contributed by atoms with Crippen molar-refractivity contribution in [2.75, 3.05) is 10.5 Å². The standard InChI is InChI=1S/C12H12FN3O2S/c13-11-2-1-3-12(15-11)16-19(17,18)8-9-4-6-10(14)7-5-9/h1-7H,8,14H2,(H,15,16). The average Bonchev–Trinajstić information content (AvgIpc) is 2.31. The van der Waals surface area contributed by atoms with Crippen LogP contribution in [0.4, 0.5) is 15.9 Å². The summed E-state index contributed by atoms with van der Waals surface area (Å²) in [4.78, 5) is 3.44. The Labute approximate surface area is 110 Å². The quantitative estimate of drug-likeness (QED) is 0.660. The molecule has 0 saturated carbocycles. The van der Waals surface area contributed by atoms with E-state index in [1.807, 2.05) is 0 Å². The van der Waals surface area contributed by atoms with Crippen LogP contribution in [0.5, 0.6) is 0 Å². The fraction of sp³-hybridized carbons (Fsp3) is 0.0833. The molecule has 19 heavy (non-hydrogen) atoms. The minimum atomic E-state index is -3.64. The number of nitrogens with zero attached hydrogens (tertiary/aromatic N) is 1. The Balaban J connectivity index is 2.13. The zero-order valence-electron chi connectivity index (χ0n) is 9.88. The second kappa shape index (κ2) is 5.23. The fourth-order valence-corrected chi connectivity index (χ4v) is 2.63. The monoisotopic (exact) mass is 281 g/mol. The minimum absolute atomic E-state index is 0.0459. The molecule has 0 aliphatic heterocycles. The zero-order chi connectivity index (χ0) is 13.9. The summed E-state index contributed by atoms with van der Waals surface area (Å²) in [5.41, 5.74) is 6.65. The van der Waals surface area contributed by atoms with E-state index in [0.717, 1.165) is 6.07 Å². The Bertz CT molecular complexity index is 672. The molecule has 0 radical (unpaired) electrons. The summed E-state index contributed by atoms with van der Waals surface area (Å²) in [6, 6.07) is 10.4. The Morgan fingerprint density at radius 2 is 1.84 bits per heavy atom. The molecular weight excluding hydrogens is 269 g/mol. The maximum atomic E-state index is 12.9. The van der Waals surface area contributed by atoms with Crippen LogP contribution < -0.4 is 10.5 Å². The number of benzene rings is 1. The molecule has 1 aromatic carbocycles. The van der Waals surface area contributed by atoms with Crippen molar-refractivity contribution in [3.05, 3.63) is 54.0 Å². The van der Waals surface area contributed by atoms with E-state index in [1.54, 1.807) is 24.3 Å². The topological polar surface area (TPSA) is 85.1 Å². The zero-order valence-corrected chi connectivity index (χ0v) is 10.7. The smallest absolute Gasteiger partial charge is 0.238 e. The van der Waals surface area contributed by atoms with Gasteiger partial charge in [0, 0.05) is 5.69 Å². The van der Waals surface area contributed by atoms with Crippen LogP contribution in [0.3, 0.4) is 0 Å². The molecule has 0 spiro atoms. The minimum Gasteiger partial charge on any atom is -0.399 e. The lowest BCUT2D eigenvalue weighted by Crippen LogP contribution is -2.16. The van der Waals surface area contributed by atoms with Crippen molar-refractivity contribution in [1.29, 1.82) is 0 Å². The molecular formula is C12H12FN3O2S. The lowest BCUT2D eigenvalue weighted by molar-refractivity contribution is 0.584. The number of nitrogens with two attached hydrogens (primary N) is 1. The molecule has 2 rings (SSSR count). The van der Waals surface area contributed by atoms with Crippen molar-refractivity contribution in [3.63, 3.8) is 0 Å². The number of nitrogens with one attached hydrogen (secondary N) is 1. The summed E-state index contributed by atoms with van der Waals surface area (Å²) in [7, 11) is -3.64. The van der Waals surface area contributed by atoms with Crippen molar-refractivity contribution in [1.82, 2.24) is 4.98 Å². The first-order valence-electron chi connectivity index (χ1n) is 5.42. The maximum absolute atomic E-state index is 12.9. The molecule has 5 nitrogen and oxygen atoms in total. The predicted molar refractivity (Wildman–Crippen MR) is 71.3 cm³/mol. The highest BCUT2D eigenvalue weighted by molar-refractivity contribution is 7.91. The highest BCUT2D eigenvalue weighted by atomic mass is 32.2. The predicted octanol–water partition coefficient (Wildman–Crippen LogP) is 1.74. The molecule has 0 atom stereocenters. The molecule has 0 saturated heterocycles. The fourth-order valence-electron chi connectivity index (χ4n) is 1.49. The largest absolute Gasteiger partial charge is 0.399 e. The first-order chi connectivity index (χ1) is 8.94. The lowest BCUT2D eigenvalue weighted by Gasteiger charge is -2.07. The molecule has 0 unspecified atom stereocenters. The molecule has 100 valence electrons. The van der Waals surface area contributed by atoms with E-state index in [1.165, 1.54) is 12.1 Å². The second-order valence-corrected chi connectivity index (χ2v) is 5.67. The molecule has 0 aliphatic carbocycles. The highest BCUT2D eigenvalue weighted by Crippen LogP contribution is 2.12. The first kappa shape index (κ1) is 13.3. The van der Waals surface area contributed by atoms with Crippen molar-refractivity contribution < 1.29 is 12.8 Å². The van der Waals surface area contributed by atoms with Gasteiger partial charge in [-0.15, -0.1) is 0 Å². The van der Waals surface area contributed by atoms with E-state index >= 15 is 0 Å². The number of hydrogen-bond donors (Lipinski definition) is 2. The third kappa shape index (κ3) is 3.92. The summed E-state index contributed by atoms with van der Waals surface area (Å²) < 4.78 is 38.8. The van der Waals surface area contributed by atoms with Gasteiger partial charge in [-0.2, -0.15) is 4.39 Å². The van der Waals surface area contributed by atoms with E-state index < -0.39 is 16.0 Å². The Kier molecular flexibility index (Phi) is 3.66. The third-order valence-corrected chi connectivity index (χ3v) is 3.55. The van der Waals surface area contributed by atoms with Gasteiger partial charge >= 0.3 is 0 Å². The third-order valence-electron chi connectivity index (χ3n) is 2.31. The number of sulfonamides is 1. The van der Waals surface area contributed by atoms with Crippen LogP contribution in [-0.4, -0.2) is 13.4 Å². The molecule has 0 aliphatic rings. The second-order valence-electron chi connectivity index (χ2n) is 3.95. The molecule has 0 bridgehead atoms. The van der Waals surface area contributed by atoms with Gasteiger partial charge in [-0.3, -0.25) is 4.72 Å². The summed E-state index contributed by atoms with van der Waals surface area (Å²) in [6.45, 7) is 0. The first-order valence-corrected chi connectivity index (χ1v) is 7.07. The van der Waals surface area contributed by atoms with Gasteiger partial charge in [0.2, 0.25) is 16.0 Å². The van der Waals surface area contributed by atoms with Crippen molar-refractivity contribution in [3.8, 4) is 0 Å². The van der Waals surface area contributed by atoms with Crippen LogP contribution in [0.15, 0.2) is 42.5 Å². The van der Waals surface area contributed by atoms with Gasteiger partial charge < -0.3 is 5.73 Å². The van der Waals surface area contributed by atoms with Gasteiger partial charge in [0.15, 0.2) is 0 Å². The molecule has 7 heteroatoms. The molecule has 1 heterocycles. The van der Waals surface area contributed by atoms with Crippen LogP contribution in [0.25, 0.3) is 0 Å². The number of rotatable bonds is 4. The van der Waals surface area contributed by atoms with Gasteiger partial charge in [-0.05, 0) is 29.8 Å². The van der Waals surface area contributed by atoms with Crippen LogP contribution in [0, 0.1) is 5.95 Å². The molecule has 1 aromatic heterocycles.